The van der Waals surface area contributed by atoms with Crippen LogP contribution in [0.1, 0.15) is 20.3 Å². The van der Waals surface area contributed by atoms with Gasteiger partial charge in [0.2, 0.25) is 0 Å². The monoisotopic (exact) mass is 158 g/mol. The fourth-order valence-electron chi connectivity index (χ4n) is 1.29. The quantitative estimate of drug-likeness (QED) is 0.587. The molecule has 0 aromatic carbocycles. The van der Waals surface area contributed by atoms with E-state index in [9.17, 15) is 5.11 Å². The fourth-order valence-corrected chi connectivity index (χ4v) is 2.67. The van der Waals surface area contributed by atoms with E-state index in [1.807, 2.05) is 18.7 Å². The largest absolute Gasteiger partial charge is 0.384 e. The highest BCUT2D eigenvalue weighted by atomic mass is 32.2. The Bertz CT molecular complexity index is 155. The molecule has 1 heterocycles. The van der Waals surface area contributed by atoms with Crippen molar-refractivity contribution in [1.29, 1.82) is 0 Å². The molecule has 1 fully saturated rings. The summed E-state index contributed by atoms with van der Waals surface area (Å²) in [5.74, 6) is 1.06. The predicted octanol–water partition coefficient (Wildman–Crippen LogP) is 1.82. The molecule has 1 nitrogen and oxygen atoms in total. The van der Waals surface area contributed by atoms with Crippen molar-refractivity contribution in [3.63, 3.8) is 0 Å². The van der Waals surface area contributed by atoms with Crippen LogP contribution in [0.3, 0.4) is 0 Å². The van der Waals surface area contributed by atoms with Crippen molar-refractivity contribution in [2.24, 2.45) is 0 Å². The fraction of sp³-hybridized carbons (Fsp3) is 0.750. The predicted molar refractivity (Wildman–Crippen MR) is 46.3 cm³/mol. The molecule has 0 radical (unpaired) electrons. The van der Waals surface area contributed by atoms with Crippen molar-refractivity contribution < 1.29 is 5.11 Å². The summed E-state index contributed by atoms with van der Waals surface area (Å²) < 4.78 is 0. The Morgan fingerprint density at radius 1 is 1.80 bits per heavy atom. The lowest BCUT2D eigenvalue weighted by atomic mass is 9.90. The molecule has 0 aliphatic carbocycles. The Labute approximate surface area is 66.5 Å². The zero-order chi connectivity index (χ0) is 7.78. The van der Waals surface area contributed by atoms with Gasteiger partial charge in [0.05, 0.1) is 5.60 Å². The van der Waals surface area contributed by atoms with Gasteiger partial charge in [-0.1, -0.05) is 13.5 Å². The standard InChI is InChI=1S/C8H14OS/c1-6(2)8(9)4-5-10-7(8)3/h7,9H,1,4-5H2,2-3H3. The van der Waals surface area contributed by atoms with E-state index in [1.54, 1.807) is 0 Å². The zero-order valence-electron chi connectivity index (χ0n) is 6.55. The highest BCUT2D eigenvalue weighted by molar-refractivity contribution is 8.00. The minimum atomic E-state index is -0.579. The van der Waals surface area contributed by atoms with Gasteiger partial charge in [0.25, 0.3) is 0 Å². The summed E-state index contributed by atoms with van der Waals surface area (Å²) in [6.45, 7) is 7.76. The van der Waals surface area contributed by atoms with Crippen molar-refractivity contribution in [3.05, 3.63) is 12.2 Å². The Hall–Kier alpha value is 0.0500. The van der Waals surface area contributed by atoms with Crippen molar-refractivity contribution in [2.45, 2.75) is 31.1 Å². The average molecular weight is 158 g/mol. The molecular weight excluding hydrogens is 144 g/mol. The summed E-state index contributed by atoms with van der Waals surface area (Å²) in [4.78, 5) is 0. The lowest BCUT2D eigenvalue weighted by molar-refractivity contribution is 0.0848. The maximum Gasteiger partial charge on any atom is 0.0974 e. The van der Waals surface area contributed by atoms with E-state index in [0.717, 1.165) is 17.7 Å². The molecule has 2 heteroatoms. The van der Waals surface area contributed by atoms with E-state index in [-0.39, 0.29) is 0 Å². The lowest BCUT2D eigenvalue weighted by Crippen LogP contribution is -2.35. The van der Waals surface area contributed by atoms with E-state index < -0.39 is 5.60 Å². The van der Waals surface area contributed by atoms with Crippen LogP contribution < -0.4 is 0 Å². The summed E-state index contributed by atoms with van der Waals surface area (Å²) in [6.07, 6.45) is 0.869. The van der Waals surface area contributed by atoms with Crippen LogP contribution in [0.5, 0.6) is 0 Å². The van der Waals surface area contributed by atoms with E-state index >= 15 is 0 Å². The second-order valence-electron chi connectivity index (χ2n) is 2.97. The number of rotatable bonds is 1. The second kappa shape index (κ2) is 2.59. The first-order chi connectivity index (χ1) is 4.57. The van der Waals surface area contributed by atoms with Crippen LogP contribution in [-0.2, 0) is 0 Å². The van der Waals surface area contributed by atoms with Gasteiger partial charge >= 0.3 is 0 Å². The molecule has 0 bridgehead atoms. The number of thioether (sulfide) groups is 1. The minimum Gasteiger partial charge on any atom is -0.384 e. The molecule has 0 amide bonds. The molecular formula is C8H14OS. The van der Waals surface area contributed by atoms with E-state index in [0.29, 0.717) is 5.25 Å². The Balaban J connectivity index is 2.75. The van der Waals surface area contributed by atoms with Crippen molar-refractivity contribution >= 4 is 11.8 Å². The highest BCUT2D eigenvalue weighted by Crippen LogP contribution is 2.39. The molecule has 0 aromatic heterocycles. The maximum atomic E-state index is 9.92. The Morgan fingerprint density at radius 2 is 2.40 bits per heavy atom. The van der Waals surface area contributed by atoms with Gasteiger partial charge in [-0.05, 0) is 24.7 Å². The van der Waals surface area contributed by atoms with Crippen LogP contribution in [0.15, 0.2) is 12.2 Å². The molecule has 1 rings (SSSR count). The van der Waals surface area contributed by atoms with Crippen LogP contribution in [0, 0.1) is 0 Å². The zero-order valence-corrected chi connectivity index (χ0v) is 7.37. The van der Waals surface area contributed by atoms with E-state index in [4.69, 9.17) is 0 Å². The highest BCUT2D eigenvalue weighted by Gasteiger charge is 2.39. The lowest BCUT2D eigenvalue weighted by Gasteiger charge is -2.26. The normalized spacial score (nSPS) is 40.1. The molecule has 0 saturated carbocycles. The first-order valence-electron chi connectivity index (χ1n) is 3.57. The molecule has 10 heavy (non-hydrogen) atoms. The van der Waals surface area contributed by atoms with Crippen molar-refractivity contribution in [3.8, 4) is 0 Å². The van der Waals surface area contributed by atoms with Gasteiger partial charge in [0, 0.05) is 5.25 Å². The van der Waals surface area contributed by atoms with Gasteiger partial charge in [-0.2, -0.15) is 11.8 Å². The molecule has 1 aliphatic heterocycles. The van der Waals surface area contributed by atoms with Gasteiger partial charge in [-0.3, -0.25) is 0 Å². The van der Waals surface area contributed by atoms with Gasteiger partial charge < -0.3 is 5.11 Å². The van der Waals surface area contributed by atoms with Crippen molar-refractivity contribution in [1.82, 2.24) is 0 Å². The van der Waals surface area contributed by atoms with Crippen molar-refractivity contribution in [2.75, 3.05) is 5.75 Å². The summed E-state index contributed by atoms with van der Waals surface area (Å²) in [7, 11) is 0. The van der Waals surface area contributed by atoms with Crippen LogP contribution in [0.2, 0.25) is 0 Å². The van der Waals surface area contributed by atoms with Crippen LogP contribution in [-0.4, -0.2) is 21.7 Å². The van der Waals surface area contributed by atoms with Gasteiger partial charge in [0.15, 0.2) is 0 Å². The first-order valence-corrected chi connectivity index (χ1v) is 4.62. The van der Waals surface area contributed by atoms with Crippen LogP contribution in [0.25, 0.3) is 0 Å². The third kappa shape index (κ3) is 1.10. The summed E-state index contributed by atoms with van der Waals surface area (Å²) >= 11 is 1.82. The third-order valence-electron chi connectivity index (χ3n) is 2.26. The molecule has 0 aromatic rings. The molecule has 1 aliphatic rings. The summed E-state index contributed by atoms with van der Waals surface area (Å²) in [5.41, 5.74) is 0.329. The molecule has 1 saturated heterocycles. The number of hydrogen-bond acceptors (Lipinski definition) is 2. The number of hydrogen-bond donors (Lipinski definition) is 1. The maximum absolute atomic E-state index is 9.92. The molecule has 1 N–H and O–H groups in total. The Kier molecular flexibility index (Phi) is 2.11. The molecule has 58 valence electrons. The molecule has 2 unspecified atom stereocenters. The average Bonchev–Trinajstić information content (AvgIpc) is 2.15. The second-order valence-corrected chi connectivity index (χ2v) is 4.42. The Morgan fingerprint density at radius 3 is 2.60 bits per heavy atom. The number of aliphatic hydroxyl groups is 1. The first kappa shape index (κ1) is 8.15. The smallest absolute Gasteiger partial charge is 0.0974 e. The summed E-state index contributed by atoms with van der Waals surface area (Å²) in [6, 6.07) is 0. The van der Waals surface area contributed by atoms with E-state index in [1.165, 1.54) is 0 Å². The SMILES string of the molecule is C=C(C)C1(O)CCSC1C. The van der Waals surface area contributed by atoms with Gasteiger partial charge in [-0.15, -0.1) is 0 Å². The van der Waals surface area contributed by atoms with Gasteiger partial charge in [-0.25, -0.2) is 0 Å². The summed E-state index contributed by atoms with van der Waals surface area (Å²) in [5, 5.41) is 10.2. The van der Waals surface area contributed by atoms with Crippen LogP contribution in [0.4, 0.5) is 0 Å². The van der Waals surface area contributed by atoms with Gasteiger partial charge in [0.1, 0.15) is 0 Å². The topological polar surface area (TPSA) is 20.2 Å². The minimum absolute atomic E-state index is 0.324. The van der Waals surface area contributed by atoms with E-state index in [2.05, 4.69) is 13.5 Å². The molecule has 0 spiro atoms. The third-order valence-corrected chi connectivity index (χ3v) is 3.59. The van der Waals surface area contributed by atoms with Crippen LogP contribution >= 0.6 is 11.8 Å². The molecule has 2 atom stereocenters.